The zero-order chi connectivity index (χ0) is 21.4. The standard InChI is InChI=1S/C20H21F3N2O4/c1-13(2)17(25-19(27)28-12-14-6-4-3-5-7-14)18(26)24-15-8-10-16(11-9-15)29-20(21,22)23/h3-11,13,17H,12H2,1-2H3,(H,24,26)(H,25,27). The van der Waals surface area contributed by atoms with Crippen LogP contribution in [0.1, 0.15) is 19.4 Å². The van der Waals surface area contributed by atoms with Crippen LogP contribution in [0.5, 0.6) is 5.75 Å². The minimum atomic E-state index is -4.79. The summed E-state index contributed by atoms with van der Waals surface area (Å²) in [5, 5.41) is 5.05. The Hall–Kier alpha value is -3.23. The molecule has 1 atom stereocenters. The normalized spacial score (nSPS) is 12.2. The fraction of sp³-hybridized carbons (Fsp3) is 0.300. The molecule has 0 spiro atoms. The third-order valence-corrected chi connectivity index (χ3v) is 3.79. The molecule has 0 aliphatic heterocycles. The van der Waals surface area contributed by atoms with Gasteiger partial charge < -0.3 is 20.1 Å². The van der Waals surface area contributed by atoms with Crippen LogP contribution in [0.25, 0.3) is 0 Å². The van der Waals surface area contributed by atoms with Gasteiger partial charge in [0.05, 0.1) is 0 Å². The number of anilines is 1. The second-order valence-electron chi connectivity index (χ2n) is 6.49. The topological polar surface area (TPSA) is 76.7 Å². The molecule has 0 aromatic heterocycles. The van der Waals surface area contributed by atoms with E-state index in [-0.39, 0.29) is 18.2 Å². The van der Waals surface area contributed by atoms with Crippen LogP contribution in [0.4, 0.5) is 23.7 Å². The summed E-state index contributed by atoms with van der Waals surface area (Å²) in [5.74, 6) is -1.19. The molecule has 0 aliphatic carbocycles. The second-order valence-corrected chi connectivity index (χ2v) is 6.49. The number of hydrogen-bond acceptors (Lipinski definition) is 4. The molecule has 0 aliphatic rings. The Labute approximate surface area is 166 Å². The largest absolute Gasteiger partial charge is 0.573 e. The molecule has 29 heavy (non-hydrogen) atoms. The number of rotatable bonds is 7. The summed E-state index contributed by atoms with van der Waals surface area (Å²) < 4.78 is 45.5. The van der Waals surface area contributed by atoms with E-state index in [1.54, 1.807) is 26.0 Å². The van der Waals surface area contributed by atoms with Crippen molar-refractivity contribution < 1.29 is 32.2 Å². The molecular formula is C20H21F3N2O4. The molecule has 2 amide bonds. The van der Waals surface area contributed by atoms with Gasteiger partial charge in [-0.1, -0.05) is 44.2 Å². The van der Waals surface area contributed by atoms with E-state index in [4.69, 9.17) is 4.74 Å². The van der Waals surface area contributed by atoms with Crippen LogP contribution in [0.2, 0.25) is 0 Å². The second kappa shape index (κ2) is 9.81. The highest BCUT2D eigenvalue weighted by molar-refractivity contribution is 5.96. The molecule has 2 rings (SSSR count). The van der Waals surface area contributed by atoms with Crippen LogP contribution in [-0.4, -0.2) is 24.4 Å². The summed E-state index contributed by atoms with van der Waals surface area (Å²) in [4.78, 5) is 24.5. The molecule has 0 radical (unpaired) electrons. The number of hydrogen-bond donors (Lipinski definition) is 2. The summed E-state index contributed by atoms with van der Waals surface area (Å²) in [6.07, 6.45) is -5.55. The van der Waals surface area contributed by atoms with E-state index in [1.807, 2.05) is 18.2 Å². The quantitative estimate of drug-likeness (QED) is 0.706. The molecular weight excluding hydrogens is 389 g/mol. The number of benzene rings is 2. The number of ether oxygens (including phenoxy) is 2. The van der Waals surface area contributed by atoms with Gasteiger partial charge in [0.2, 0.25) is 5.91 Å². The molecule has 6 nitrogen and oxygen atoms in total. The van der Waals surface area contributed by atoms with E-state index in [0.717, 1.165) is 17.7 Å². The van der Waals surface area contributed by atoms with Gasteiger partial charge in [0.25, 0.3) is 0 Å². The number of carbonyl (C=O) groups excluding carboxylic acids is 2. The first-order chi connectivity index (χ1) is 13.6. The summed E-state index contributed by atoms with van der Waals surface area (Å²) in [7, 11) is 0. The number of carbonyl (C=O) groups is 2. The van der Waals surface area contributed by atoms with E-state index in [1.165, 1.54) is 12.1 Å². The molecule has 0 heterocycles. The van der Waals surface area contributed by atoms with Crippen LogP contribution in [-0.2, 0) is 16.1 Å². The molecule has 1 unspecified atom stereocenters. The number of amides is 2. The Morgan fingerprint density at radius 3 is 2.17 bits per heavy atom. The van der Waals surface area contributed by atoms with Crippen molar-refractivity contribution in [3.63, 3.8) is 0 Å². The molecule has 2 aromatic rings. The van der Waals surface area contributed by atoms with Gasteiger partial charge in [-0.05, 0) is 35.7 Å². The summed E-state index contributed by atoms with van der Waals surface area (Å²) in [6.45, 7) is 3.53. The van der Waals surface area contributed by atoms with Gasteiger partial charge in [0, 0.05) is 5.69 Å². The van der Waals surface area contributed by atoms with Crippen molar-refractivity contribution in [2.45, 2.75) is 32.9 Å². The molecule has 9 heteroatoms. The lowest BCUT2D eigenvalue weighted by Gasteiger charge is -2.21. The fourth-order valence-electron chi connectivity index (χ4n) is 2.39. The van der Waals surface area contributed by atoms with Gasteiger partial charge in [-0.3, -0.25) is 4.79 Å². The minimum Gasteiger partial charge on any atom is -0.445 e. The monoisotopic (exact) mass is 410 g/mol. The van der Waals surface area contributed by atoms with Crippen molar-refractivity contribution in [2.24, 2.45) is 5.92 Å². The zero-order valence-electron chi connectivity index (χ0n) is 15.8. The molecule has 2 N–H and O–H groups in total. The van der Waals surface area contributed by atoms with Crippen LogP contribution < -0.4 is 15.4 Å². The first-order valence-electron chi connectivity index (χ1n) is 8.78. The first-order valence-corrected chi connectivity index (χ1v) is 8.78. The number of alkyl carbamates (subject to hydrolysis) is 1. The van der Waals surface area contributed by atoms with E-state index >= 15 is 0 Å². The zero-order valence-corrected chi connectivity index (χ0v) is 15.8. The van der Waals surface area contributed by atoms with Crippen LogP contribution >= 0.6 is 0 Å². The van der Waals surface area contributed by atoms with Crippen molar-refractivity contribution >= 4 is 17.7 Å². The van der Waals surface area contributed by atoms with Crippen molar-refractivity contribution in [3.05, 3.63) is 60.2 Å². The van der Waals surface area contributed by atoms with E-state index in [2.05, 4.69) is 15.4 Å². The summed E-state index contributed by atoms with van der Waals surface area (Å²) in [6, 6.07) is 12.9. The highest BCUT2D eigenvalue weighted by atomic mass is 19.4. The summed E-state index contributed by atoms with van der Waals surface area (Å²) >= 11 is 0. The SMILES string of the molecule is CC(C)C(NC(=O)OCc1ccccc1)C(=O)Nc1ccc(OC(F)(F)F)cc1. The highest BCUT2D eigenvalue weighted by Gasteiger charge is 2.31. The van der Waals surface area contributed by atoms with Gasteiger partial charge in [-0.2, -0.15) is 0 Å². The van der Waals surface area contributed by atoms with Crippen LogP contribution in [0.15, 0.2) is 54.6 Å². The number of alkyl halides is 3. The highest BCUT2D eigenvalue weighted by Crippen LogP contribution is 2.24. The molecule has 0 bridgehead atoms. The maximum absolute atomic E-state index is 12.5. The third-order valence-electron chi connectivity index (χ3n) is 3.79. The van der Waals surface area contributed by atoms with Crippen molar-refractivity contribution in [1.29, 1.82) is 0 Å². The van der Waals surface area contributed by atoms with Gasteiger partial charge >= 0.3 is 12.5 Å². The Kier molecular flexibility index (Phi) is 7.46. The van der Waals surface area contributed by atoms with E-state index in [0.29, 0.717) is 0 Å². The molecule has 2 aromatic carbocycles. The van der Waals surface area contributed by atoms with Crippen molar-refractivity contribution in [3.8, 4) is 5.75 Å². The molecule has 0 saturated heterocycles. The Balaban J connectivity index is 1.92. The fourth-order valence-corrected chi connectivity index (χ4v) is 2.39. The van der Waals surface area contributed by atoms with Crippen LogP contribution in [0, 0.1) is 5.92 Å². The van der Waals surface area contributed by atoms with Gasteiger partial charge in [-0.25, -0.2) is 4.79 Å². The average molecular weight is 410 g/mol. The molecule has 0 fully saturated rings. The lowest BCUT2D eigenvalue weighted by Crippen LogP contribution is -2.47. The minimum absolute atomic E-state index is 0.0553. The maximum atomic E-state index is 12.5. The average Bonchev–Trinajstić information content (AvgIpc) is 2.65. The Morgan fingerprint density at radius 1 is 1.00 bits per heavy atom. The number of nitrogens with one attached hydrogen (secondary N) is 2. The predicted molar refractivity (Wildman–Crippen MR) is 100 cm³/mol. The number of halogens is 3. The van der Waals surface area contributed by atoms with Crippen LogP contribution in [0.3, 0.4) is 0 Å². The van der Waals surface area contributed by atoms with E-state index < -0.39 is 30.2 Å². The molecule has 156 valence electrons. The lowest BCUT2D eigenvalue weighted by atomic mass is 10.0. The molecule has 0 saturated carbocycles. The smallest absolute Gasteiger partial charge is 0.445 e. The van der Waals surface area contributed by atoms with E-state index in [9.17, 15) is 22.8 Å². The van der Waals surface area contributed by atoms with Crippen molar-refractivity contribution in [2.75, 3.05) is 5.32 Å². The predicted octanol–water partition coefficient (Wildman–Crippen LogP) is 4.47. The summed E-state index contributed by atoms with van der Waals surface area (Å²) in [5.41, 5.74) is 1.06. The van der Waals surface area contributed by atoms with Gasteiger partial charge in [0.15, 0.2) is 0 Å². The third kappa shape index (κ3) is 7.73. The van der Waals surface area contributed by atoms with Crippen molar-refractivity contribution in [1.82, 2.24) is 5.32 Å². The van der Waals surface area contributed by atoms with Gasteiger partial charge in [-0.15, -0.1) is 13.2 Å². The lowest BCUT2D eigenvalue weighted by molar-refractivity contribution is -0.274. The Morgan fingerprint density at radius 2 is 1.62 bits per heavy atom. The first kappa shape index (κ1) is 22.1. The Bertz CT molecular complexity index is 809. The van der Waals surface area contributed by atoms with Gasteiger partial charge in [0.1, 0.15) is 18.4 Å². The maximum Gasteiger partial charge on any atom is 0.573 e.